The van der Waals surface area contributed by atoms with Crippen LogP contribution < -0.4 is 10.5 Å². The van der Waals surface area contributed by atoms with Crippen LogP contribution in [0.4, 0.5) is 5.69 Å². The minimum absolute atomic E-state index is 0.0834. The summed E-state index contributed by atoms with van der Waals surface area (Å²) in [4.78, 5) is 14.1. The largest absolute Gasteiger partial charge is 0.393 e. The van der Waals surface area contributed by atoms with E-state index in [4.69, 9.17) is 4.74 Å². The lowest BCUT2D eigenvalue weighted by Gasteiger charge is -2.28. The number of aryl methyl sites for hydroxylation is 1. The molecule has 1 saturated heterocycles. The van der Waals surface area contributed by atoms with E-state index in [0.717, 1.165) is 31.6 Å². The molecule has 0 spiro atoms. The van der Waals surface area contributed by atoms with Crippen LogP contribution in [0.5, 0.6) is 0 Å². The number of morpholine rings is 1. The molecule has 1 N–H and O–H groups in total. The van der Waals surface area contributed by atoms with Gasteiger partial charge in [-0.15, -0.1) is 0 Å². The SMILES string of the molecule is CCC(O)CCCn1ncc(N2CCOCC2)cc1=O. The Morgan fingerprint density at radius 1 is 1.45 bits per heavy atom. The lowest BCUT2D eigenvalue weighted by atomic mass is 10.1. The molecule has 0 aliphatic carbocycles. The summed E-state index contributed by atoms with van der Waals surface area (Å²) in [5.74, 6) is 0. The first-order chi connectivity index (χ1) is 9.70. The first-order valence-corrected chi connectivity index (χ1v) is 7.28. The van der Waals surface area contributed by atoms with Crippen molar-refractivity contribution in [3.05, 3.63) is 22.6 Å². The highest BCUT2D eigenvalue weighted by Crippen LogP contribution is 2.11. The Morgan fingerprint density at radius 3 is 2.85 bits per heavy atom. The van der Waals surface area contributed by atoms with E-state index in [1.165, 1.54) is 4.68 Å². The molecule has 1 fully saturated rings. The van der Waals surface area contributed by atoms with Crippen LogP contribution in [0.1, 0.15) is 26.2 Å². The van der Waals surface area contributed by atoms with Crippen molar-refractivity contribution in [3.63, 3.8) is 0 Å². The summed E-state index contributed by atoms with van der Waals surface area (Å²) in [7, 11) is 0. The van der Waals surface area contributed by atoms with Gasteiger partial charge in [0.1, 0.15) is 0 Å². The van der Waals surface area contributed by atoms with Crippen LogP contribution in [0, 0.1) is 0 Å². The molecule has 6 nitrogen and oxygen atoms in total. The molecule has 1 aliphatic heterocycles. The van der Waals surface area contributed by atoms with Gasteiger partial charge < -0.3 is 14.7 Å². The minimum Gasteiger partial charge on any atom is -0.393 e. The van der Waals surface area contributed by atoms with Gasteiger partial charge in [-0.05, 0) is 19.3 Å². The highest BCUT2D eigenvalue weighted by atomic mass is 16.5. The Labute approximate surface area is 119 Å². The Balaban J connectivity index is 1.93. The summed E-state index contributed by atoms with van der Waals surface area (Å²) in [5, 5.41) is 13.7. The number of hydrogen-bond donors (Lipinski definition) is 1. The molecule has 1 aromatic heterocycles. The van der Waals surface area contributed by atoms with E-state index in [9.17, 15) is 9.90 Å². The highest BCUT2D eigenvalue weighted by molar-refractivity contribution is 5.43. The second kappa shape index (κ2) is 7.40. The molecule has 20 heavy (non-hydrogen) atoms. The first-order valence-electron chi connectivity index (χ1n) is 7.28. The van der Waals surface area contributed by atoms with E-state index in [0.29, 0.717) is 26.2 Å². The molecule has 0 saturated carbocycles. The second-order valence-corrected chi connectivity index (χ2v) is 5.08. The van der Waals surface area contributed by atoms with E-state index in [-0.39, 0.29) is 11.7 Å². The summed E-state index contributed by atoms with van der Waals surface area (Å²) in [5.41, 5.74) is 0.781. The van der Waals surface area contributed by atoms with Crippen molar-refractivity contribution in [2.24, 2.45) is 0 Å². The van der Waals surface area contributed by atoms with E-state index < -0.39 is 0 Å². The van der Waals surface area contributed by atoms with Crippen LogP contribution in [-0.4, -0.2) is 47.3 Å². The Kier molecular flexibility index (Phi) is 5.55. The average molecular weight is 281 g/mol. The summed E-state index contributed by atoms with van der Waals surface area (Å²) in [6.45, 7) is 5.49. The molecule has 0 bridgehead atoms. The average Bonchev–Trinajstić information content (AvgIpc) is 2.49. The third-order valence-corrected chi connectivity index (χ3v) is 3.61. The highest BCUT2D eigenvalue weighted by Gasteiger charge is 2.12. The summed E-state index contributed by atoms with van der Waals surface area (Å²) in [6.07, 6.45) is 3.67. The van der Waals surface area contributed by atoms with E-state index in [2.05, 4.69) is 10.00 Å². The summed E-state index contributed by atoms with van der Waals surface area (Å²) >= 11 is 0. The third-order valence-electron chi connectivity index (χ3n) is 3.61. The maximum absolute atomic E-state index is 12.0. The molecule has 1 aromatic rings. The molecule has 2 rings (SSSR count). The van der Waals surface area contributed by atoms with Crippen LogP contribution in [0.15, 0.2) is 17.1 Å². The third kappa shape index (κ3) is 4.05. The van der Waals surface area contributed by atoms with Crippen LogP contribution in [0.25, 0.3) is 0 Å². The molecule has 0 amide bonds. The van der Waals surface area contributed by atoms with Gasteiger partial charge in [0, 0.05) is 25.7 Å². The monoisotopic (exact) mass is 281 g/mol. The molecule has 6 heteroatoms. The van der Waals surface area contributed by atoms with Gasteiger partial charge >= 0.3 is 0 Å². The normalized spacial score (nSPS) is 17.2. The van der Waals surface area contributed by atoms with Crippen molar-refractivity contribution in [2.75, 3.05) is 31.2 Å². The van der Waals surface area contributed by atoms with Crippen LogP contribution in [0.2, 0.25) is 0 Å². The van der Waals surface area contributed by atoms with Gasteiger partial charge in [-0.2, -0.15) is 5.10 Å². The molecule has 1 atom stereocenters. The predicted octanol–water partition coefficient (Wildman–Crippen LogP) is 0.631. The second-order valence-electron chi connectivity index (χ2n) is 5.08. The van der Waals surface area contributed by atoms with Gasteiger partial charge in [0.2, 0.25) is 0 Å². The van der Waals surface area contributed by atoms with Gasteiger partial charge in [0.15, 0.2) is 0 Å². The molecule has 0 radical (unpaired) electrons. The zero-order valence-electron chi connectivity index (χ0n) is 12.0. The molecular weight excluding hydrogens is 258 g/mol. The number of hydrogen-bond acceptors (Lipinski definition) is 5. The smallest absolute Gasteiger partial charge is 0.268 e. The lowest BCUT2D eigenvalue weighted by molar-refractivity contribution is 0.122. The number of nitrogens with zero attached hydrogens (tertiary/aromatic N) is 3. The van der Waals surface area contributed by atoms with Gasteiger partial charge in [-0.25, -0.2) is 4.68 Å². The number of aliphatic hydroxyl groups is 1. The Hall–Kier alpha value is -1.40. The lowest BCUT2D eigenvalue weighted by Crippen LogP contribution is -2.37. The summed E-state index contributed by atoms with van der Waals surface area (Å²) in [6, 6.07) is 1.63. The maximum Gasteiger partial charge on any atom is 0.268 e. The van der Waals surface area contributed by atoms with Crippen LogP contribution in [0.3, 0.4) is 0 Å². The standard InChI is InChI=1S/C14H23N3O3/c1-2-13(18)4-3-5-17-14(19)10-12(11-15-17)16-6-8-20-9-7-16/h10-11,13,18H,2-9H2,1H3. The number of anilines is 1. The Bertz CT molecular complexity index is 469. The number of rotatable bonds is 6. The number of aromatic nitrogens is 2. The maximum atomic E-state index is 12.0. The van der Waals surface area contributed by atoms with Crippen molar-refractivity contribution in [3.8, 4) is 0 Å². The van der Waals surface area contributed by atoms with Crippen molar-refractivity contribution < 1.29 is 9.84 Å². The molecule has 0 aromatic carbocycles. The summed E-state index contributed by atoms with van der Waals surface area (Å²) < 4.78 is 6.76. The molecule has 112 valence electrons. The first kappa shape index (κ1) is 15.0. The number of ether oxygens (including phenoxy) is 1. The minimum atomic E-state index is -0.279. The van der Waals surface area contributed by atoms with Gasteiger partial charge in [0.25, 0.3) is 5.56 Å². The van der Waals surface area contributed by atoms with Gasteiger partial charge in [0.05, 0.1) is 31.2 Å². The van der Waals surface area contributed by atoms with E-state index in [1.54, 1.807) is 12.3 Å². The topological polar surface area (TPSA) is 67.6 Å². The zero-order chi connectivity index (χ0) is 14.4. The fourth-order valence-corrected chi connectivity index (χ4v) is 2.27. The predicted molar refractivity (Wildman–Crippen MR) is 77.1 cm³/mol. The van der Waals surface area contributed by atoms with Gasteiger partial charge in [-0.1, -0.05) is 6.92 Å². The molecular formula is C14H23N3O3. The Morgan fingerprint density at radius 2 is 2.20 bits per heavy atom. The van der Waals surface area contributed by atoms with E-state index >= 15 is 0 Å². The molecule has 2 heterocycles. The van der Waals surface area contributed by atoms with E-state index in [1.807, 2.05) is 6.92 Å². The van der Waals surface area contributed by atoms with Crippen molar-refractivity contribution in [2.45, 2.75) is 38.8 Å². The fourth-order valence-electron chi connectivity index (χ4n) is 2.27. The zero-order valence-corrected chi connectivity index (χ0v) is 12.0. The van der Waals surface area contributed by atoms with Crippen LogP contribution >= 0.6 is 0 Å². The van der Waals surface area contributed by atoms with Crippen molar-refractivity contribution in [1.29, 1.82) is 0 Å². The molecule has 1 aliphatic rings. The molecule has 1 unspecified atom stereocenters. The fraction of sp³-hybridized carbons (Fsp3) is 0.714. The number of aliphatic hydroxyl groups excluding tert-OH is 1. The van der Waals surface area contributed by atoms with Crippen molar-refractivity contribution >= 4 is 5.69 Å². The van der Waals surface area contributed by atoms with Crippen molar-refractivity contribution in [1.82, 2.24) is 9.78 Å². The van der Waals surface area contributed by atoms with Crippen LogP contribution in [-0.2, 0) is 11.3 Å². The van der Waals surface area contributed by atoms with Gasteiger partial charge in [-0.3, -0.25) is 4.79 Å². The quantitative estimate of drug-likeness (QED) is 0.828.